The summed E-state index contributed by atoms with van der Waals surface area (Å²) in [6.45, 7) is 2.56. The molecule has 0 aliphatic heterocycles. The van der Waals surface area contributed by atoms with Crippen LogP contribution < -0.4 is 4.74 Å². The molecule has 1 aromatic carbocycles. The molecule has 4 heteroatoms. The van der Waals surface area contributed by atoms with Gasteiger partial charge in [-0.1, -0.05) is 28.1 Å². The van der Waals surface area contributed by atoms with Crippen molar-refractivity contribution >= 4 is 21.9 Å². The summed E-state index contributed by atoms with van der Waals surface area (Å²) in [7, 11) is 0. The van der Waals surface area contributed by atoms with Gasteiger partial charge < -0.3 is 9.84 Å². The third-order valence-corrected chi connectivity index (χ3v) is 2.63. The molecule has 82 valence electrons. The maximum Gasteiger partial charge on any atom is 0.317 e. The molecule has 0 amide bonds. The first kappa shape index (κ1) is 12.0. The number of alkyl halides is 1. The first-order valence-corrected chi connectivity index (χ1v) is 5.63. The van der Waals surface area contributed by atoms with E-state index in [-0.39, 0.29) is 0 Å². The van der Waals surface area contributed by atoms with Gasteiger partial charge in [-0.15, -0.1) is 0 Å². The van der Waals surface area contributed by atoms with Gasteiger partial charge in [-0.3, -0.25) is 4.79 Å². The summed E-state index contributed by atoms with van der Waals surface area (Å²) in [5.41, 5.74) is 0.975. The van der Waals surface area contributed by atoms with Crippen LogP contribution in [0.4, 0.5) is 0 Å². The van der Waals surface area contributed by atoms with E-state index in [0.717, 1.165) is 11.3 Å². The number of ether oxygens (including phenoxy) is 1. The molecular formula is C11H13BrO3. The largest absolute Gasteiger partial charge is 0.494 e. The fourth-order valence-corrected chi connectivity index (χ4v) is 1.56. The van der Waals surface area contributed by atoms with Crippen LogP contribution in [0.1, 0.15) is 12.5 Å². The molecule has 3 nitrogen and oxygen atoms in total. The summed E-state index contributed by atoms with van der Waals surface area (Å²) in [5, 5.41) is 8.71. The van der Waals surface area contributed by atoms with Crippen molar-refractivity contribution in [1.29, 1.82) is 0 Å². The molecule has 1 atom stereocenters. The molecule has 0 aliphatic carbocycles. The molecule has 0 spiro atoms. The number of hydrogen-bond donors (Lipinski definition) is 1. The van der Waals surface area contributed by atoms with E-state index in [1.54, 1.807) is 0 Å². The number of carbonyl (C=O) groups is 1. The van der Waals surface area contributed by atoms with Gasteiger partial charge in [0.15, 0.2) is 0 Å². The molecule has 0 unspecified atom stereocenters. The van der Waals surface area contributed by atoms with Crippen LogP contribution in [0, 0.1) is 0 Å². The predicted molar refractivity (Wildman–Crippen MR) is 61.7 cm³/mol. The fraction of sp³-hybridized carbons (Fsp3) is 0.364. The molecule has 1 rings (SSSR count). The van der Waals surface area contributed by atoms with E-state index in [0.29, 0.717) is 13.0 Å². The van der Waals surface area contributed by atoms with Crippen molar-refractivity contribution in [3.8, 4) is 5.75 Å². The molecule has 0 saturated carbocycles. The highest BCUT2D eigenvalue weighted by atomic mass is 79.9. The van der Waals surface area contributed by atoms with Crippen molar-refractivity contribution in [3.05, 3.63) is 29.8 Å². The lowest BCUT2D eigenvalue weighted by Gasteiger charge is -2.06. The minimum Gasteiger partial charge on any atom is -0.494 e. The Morgan fingerprint density at radius 3 is 2.53 bits per heavy atom. The minimum absolute atomic E-state index is 0.474. The molecular weight excluding hydrogens is 260 g/mol. The Kier molecular flexibility index (Phi) is 4.62. The Bertz CT molecular complexity index is 321. The number of rotatable bonds is 5. The van der Waals surface area contributed by atoms with Gasteiger partial charge in [-0.2, -0.15) is 0 Å². The zero-order valence-corrected chi connectivity index (χ0v) is 10.0. The SMILES string of the molecule is CCOc1ccc(C[C@H](Br)C(=O)O)cc1. The summed E-state index contributed by atoms with van der Waals surface area (Å²) >= 11 is 3.10. The normalized spacial score (nSPS) is 12.1. The van der Waals surface area contributed by atoms with E-state index in [1.165, 1.54) is 0 Å². The Labute approximate surface area is 97.2 Å². The second-order valence-corrected chi connectivity index (χ2v) is 4.19. The summed E-state index contributed by atoms with van der Waals surface area (Å²) in [5.74, 6) is -0.0356. The van der Waals surface area contributed by atoms with Gasteiger partial charge in [0.1, 0.15) is 10.6 Å². The van der Waals surface area contributed by atoms with Crippen LogP contribution in [0.5, 0.6) is 5.75 Å². The van der Waals surface area contributed by atoms with Crippen molar-refractivity contribution < 1.29 is 14.6 Å². The minimum atomic E-state index is -0.844. The molecule has 1 N–H and O–H groups in total. The smallest absolute Gasteiger partial charge is 0.317 e. The molecule has 0 heterocycles. The third kappa shape index (κ3) is 3.91. The first-order chi connectivity index (χ1) is 7.13. The maximum atomic E-state index is 10.6. The van der Waals surface area contributed by atoms with Crippen LogP contribution in [-0.2, 0) is 11.2 Å². The predicted octanol–water partition coefficient (Wildman–Crippen LogP) is 2.48. The average molecular weight is 273 g/mol. The highest BCUT2D eigenvalue weighted by Crippen LogP contribution is 2.15. The highest BCUT2D eigenvalue weighted by Gasteiger charge is 2.13. The second kappa shape index (κ2) is 5.75. The van der Waals surface area contributed by atoms with E-state index in [9.17, 15) is 4.79 Å². The molecule has 0 aromatic heterocycles. The van der Waals surface area contributed by atoms with Gasteiger partial charge in [0.25, 0.3) is 0 Å². The van der Waals surface area contributed by atoms with Gasteiger partial charge >= 0.3 is 5.97 Å². The standard InChI is InChI=1S/C11H13BrO3/c1-2-15-9-5-3-8(4-6-9)7-10(12)11(13)14/h3-6,10H,2,7H2,1H3,(H,13,14)/t10-/m0/s1. The van der Waals surface area contributed by atoms with E-state index in [4.69, 9.17) is 9.84 Å². The monoisotopic (exact) mass is 272 g/mol. The lowest BCUT2D eigenvalue weighted by molar-refractivity contribution is -0.136. The topological polar surface area (TPSA) is 46.5 Å². The Balaban J connectivity index is 2.60. The first-order valence-electron chi connectivity index (χ1n) is 4.72. The zero-order chi connectivity index (χ0) is 11.3. The lowest BCUT2D eigenvalue weighted by Crippen LogP contribution is -2.15. The number of benzene rings is 1. The van der Waals surface area contributed by atoms with E-state index < -0.39 is 10.8 Å². The van der Waals surface area contributed by atoms with Gasteiger partial charge in [-0.25, -0.2) is 0 Å². The van der Waals surface area contributed by atoms with Crippen LogP contribution >= 0.6 is 15.9 Å². The summed E-state index contributed by atoms with van der Waals surface area (Å²) in [4.78, 5) is 10.1. The van der Waals surface area contributed by atoms with Crippen molar-refractivity contribution in [3.63, 3.8) is 0 Å². The van der Waals surface area contributed by atoms with Crippen LogP contribution in [0.3, 0.4) is 0 Å². The quantitative estimate of drug-likeness (QED) is 0.838. The van der Waals surface area contributed by atoms with Gasteiger partial charge in [0.05, 0.1) is 6.61 Å². The molecule has 0 radical (unpaired) electrons. The lowest BCUT2D eigenvalue weighted by atomic mass is 10.1. The van der Waals surface area contributed by atoms with Crippen LogP contribution in [0.2, 0.25) is 0 Å². The number of hydrogen-bond acceptors (Lipinski definition) is 2. The van der Waals surface area contributed by atoms with E-state index in [2.05, 4.69) is 15.9 Å². The summed E-state index contributed by atoms with van der Waals surface area (Å²) < 4.78 is 5.29. The number of carboxylic acids is 1. The third-order valence-electron chi connectivity index (χ3n) is 1.92. The molecule has 0 saturated heterocycles. The van der Waals surface area contributed by atoms with E-state index >= 15 is 0 Å². The van der Waals surface area contributed by atoms with Crippen LogP contribution in [-0.4, -0.2) is 22.5 Å². The van der Waals surface area contributed by atoms with Gasteiger partial charge in [-0.05, 0) is 31.0 Å². The molecule has 0 bridgehead atoms. The number of carboxylic acid groups (broad SMARTS) is 1. The number of halogens is 1. The van der Waals surface area contributed by atoms with Crippen molar-refractivity contribution in [2.75, 3.05) is 6.61 Å². The fourth-order valence-electron chi connectivity index (χ4n) is 1.18. The maximum absolute atomic E-state index is 10.6. The Morgan fingerprint density at radius 2 is 2.07 bits per heavy atom. The summed E-state index contributed by atoms with van der Waals surface area (Å²) in [6, 6.07) is 7.45. The molecule has 0 aliphatic rings. The van der Waals surface area contributed by atoms with Gasteiger partial charge in [0, 0.05) is 0 Å². The Morgan fingerprint density at radius 1 is 1.47 bits per heavy atom. The molecule has 1 aromatic rings. The van der Waals surface area contributed by atoms with Crippen LogP contribution in [0.25, 0.3) is 0 Å². The van der Waals surface area contributed by atoms with E-state index in [1.807, 2.05) is 31.2 Å². The zero-order valence-electron chi connectivity index (χ0n) is 8.44. The molecule has 15 heavy (non-hydrogen) atoms. The molecule has 0 fully saturated rings. The van der Waals surface area contributed by atoms with Crippen molar-refractivity contribution in [1.82, 2.24) is 0 Å². The van der Waals surface area contributed by atoms with Crippen LogP contribution in [0.15, 0.2) is 24.3 Å². The second-order valence-electron chi connectivity index (χ2n) is 3.09. The van der Waals surface area contributed by atoms with Crippen molar-refractivity contribution in [2.24, 2.45) is 0 Å². The highest BCUT2D eigenvalue weighted by molar-refractivity contribution is 9.10. The number of aliphatic carboxylic acids is 1. The van der Waals surface area contributed by atoms with Crippen molar-refractivity contribution in [2.45, 2.75) is 18.2 Å². The van der Waals surface area contributed by atoms with Gasteiger partial charge in [0.2, 0.25) is 0 Å². The average Bonchev–Trinajstić information content (AvgIpc) is 2.21. The Hall–Kier alpha value is -1.03. The summed E-state index contributed by atoms with van der Waals surface area (Å²) in [6.07, 6.45) is 0.474.